The van der Waals surface area contributed by atoms with Crippen molar-refractivity contribution in [2.75, 3.05) is 7.11 Å². The van der Waals surface area contributed by atoms with Crippen LogP contribution in [0.1, 0.15) is 42.1 Å². The predicted octanol–water partition coefficient (Wildman–Crippen LogP) is 3.13. The van der Waals surface area contributed by atoms with E-state index in [1.54, 1.807) is 7.11 Å². The molecule has 0 spiro atoms. The molecular formula is C15H17NO2. The van der Waals surface area contributed by atoms with Gasteiger partial charge in [0, 0.05) is 17.4 Å². The van der Waals surface area contributed by atoms with Gasteiger partial charge in [-0.3, -0.25) is 4.79 Å². The Hall–Kier alpha value is -1.82. The summed E-state index contributed by atoms with van der Waals surface area (Å²) < 4.78 is 5.18. The van der Waals surface area contributed by atoms with E-state index in [-0.39, 0.29) is 11.2 Å². The minimum absolute atomic E-state index is 0.168. The highest BCUT2D eigenvalue weighted by Crippen LogP contribution is 2.39. The van der Waals surface area contributed by atoms with E-state index >= 15 is 0 Å². The third-order valence-corrected chi connectivity index (χ3v) is 3.84. The van der Waals surface area contributed by atoms with Gasteiger partial charge in [-0.1, -0.05) is 6.92 Å². The number of methoxy groups -OCH3 is 1. The van der Waals surface area contributed by atoms with Gasteiger partial charge in [0.15, 0.2) is 5.78 Å². The second kappa shape index (κ2) is 4.81. The third-order valence-electron chi connectivity index (χ3n) is 3.84. The van der Waals surface area contributed by atoms with Crippen LogP contribution in [0, 0.1) is 16.7 Å². The summed E-state index contributed by atoms with van der Waals surface area (Å²) in [6.45, 7) is 1.97. The first kappa shape index (κ1) is 12.6. The number of carbonyl (C=O) groups excluding carboxylic acids is 1. The fourth-order valence-electron chi connectivity index (χ4n) is 2.54. The molecule has 3 heteroatoms. The normalized spacial score (nSPS) is 22.2. The average Bonchev–Trinajstić information content (AvgIpc) is 2.41. The van der Waals surface area contributed by atoms with Crippen molar-refractivity contribution in [2.24, 2.45) is 5.41 Å². The fourth-order valence-corrected chi connectivity index (χ4v) is 2.54. The highest BCUT2D eigenvalue weighted by Gasteiger charge is 2.37. The SMILES string of the molecule is COc1ccc2c(c1)CC[C@](C)(CCC#N)C2=O. The number of hydrogen-bond donors (Lipinski definition) is 0. The molecule has 0 bridgehead atoms. The summed E-state index contributed by atoms with van der Waals surface area (Å²) in [5, 5.41) is 8.68. The first-order chi connectivity index (χ1) is 8.60. The third kappa shape index (κ3) is 2.11. The number of Topliss-reactive ketones (excluding diaryl/α,β-unsaturated/α-hetero) is 1. The van der Waals surface area contributed by atoms with Crippen molar-refractivity contribution in [3.63, 3.8) is 0 Å². The minimum Gasteiger partial charge on any atom is -0.497 e. The number of nitrogens with zero attached hydrogens (tertiary/aromatic N) is 1. The van der Waals surface area contributed by atoms with Crippen LogP contribution in [-0.4, -0.2) is 12.9 Å². The number of fused-ring (bicyclic) bond motifs is 1. The van der Waals surface area contributed by atoms with Crippen LogP contribution in [0.5, 0.6) is 5.75 Å². The van der Waals surface area contributed by atoms with Crippen molar-refractivity contribution in [3.05, 3.63) is 29.3 Å². The molecule has 0 aromatic heterocycles. The summed E-state index contributed by atoms with van der Waals surface area (Å²) in [7, 11) is 1.63. The summed E-state index contributed by atoms with van der Waals surface area (Å²) in [4.78, 5) is 12.5. The Balaban J connectivity index is 2.31. The van der Waals surface area contributed by atoms with Gasteiger partial charge in [0.25, 0.3) is 0 Å². The monoisotopic (exact) mass is 243 g/mol. The maximum Gasteiger partial charge on any atom is 0.169 e. The van der Waals surface area contributed by atoms with Crippen LogP contribution >= 0.6 is 0 Å². The van der Waals surface area contributed by atoms with E-state index in [9.17, 15) is 4.79 Å². The molecule has 1 atom stereocenters. The van der Waals surface area contributed by atoms with E-state index in [1.165, 1.54) is 0 Å². The van der Waals surface area contributed by atoms with E-state index in [4.69, 9.17) is 10.00 Å². The van der Waals surface area contributed by atoms with Gasteiger partial charge in [-0.05, 0) is 43.0 Å². The van der Waals surface area contributed by atoms with Crippen molar-refractivity contribution in [3.8, 4) is 11.8 Å². The van der Waals surface area contributed by atoms with Gasteiger partial charge in [0.1, 0.15) is 5.75 Å². The molecule has 2 rings (SSSR count). The van der Waals surface area contributed by atoms with Gasteiger partial charge in [0.2, 0.25) is 0 Å². The Morgan fingerprint density at radius 2 is 2.28 bits per heavy atom. The maximum atomic E-state index is 12.5. The number of carbonyl (C=O) groups is 1. The van der Waals surface area contributed by atoms with E-state index in [0.29, 0.717) is 12.8 Å². The number of ether oxygens (including phenoxy) is 1. The van der Waals surface area contributed by atoms with Gasteiger partial charge < -0.3 is 4.74 Å². The van der Waals surface area contributed by atoms with E-state index in [0.717, 1.165) is 29.7 Å². The number of benzene rings is 1. The Morgan fingerprint density at radius 3 is 2.94 bits per heavy atom. The van der Waals surface area contributed by atoms with Crippen LogP contribution in [0.25, 0.3) is 0 Å². The first-order valence-electron chi connectivity index (χ1n) is 6.19. The van der Waals surface area contributed by atoms with Gasteiger partial charge in [-0.15, -0.1) is 0 Å². The molecular weight excluding hydrogens is 226 g/mol. The van der Waals surface area contributed by atoms with Crippen LogP contribution in [0.4, 0.5) is 0 Å². The van der Waals surface area contributed by atoms with Crippen LogP contribution in [0.3, 0.4) is 0 Å². The number of aryl methyl sites for hydroxylation is 1. The molecule has 0 N–H and O–H groups in total. The second-order valence-electron chi connectivity index (χ2n) is 5.07. The smallest absolute Gasteiger partial charge is 0.169 e. The lowest BCUT2D eigenvalue weighted by Crippen LogP contribution is -2.33. The highest BCUT2D eigenvalue weighted by molar-refractivity contribution is 6.02. The summed E-state index contributed by atoms with van der Waals surface area (Å²) >= 11 is 0. The first-order valence-corrected chi connectivity index (χ1v) is 6.19. The van der Waals surface area contributed by atoms with Gasteiger partial charge in [-0.2, -0.15) is 5.26 Å². The van der Waals surface area contributed by atoms with Crippen molar-refractivity contribution in [1.82, 2.24) is 0 Å². The molecule has 0 saturated heterocycles. The summed E-state index contributed by atoms with van der Waals surface area (Å²) in [5.41, 5.74) is 1.48. The van der Waals surface area contributed by atoms with Gasteiger partial charge in [-0.25, -0.2) is 0 Å². The van der Waals surface area contributed by atoms with Gasteiger partial charge >= 0.3 is 0 Å². The molecule has 1 aromatic carbocycles. The summed E-state index contributed by atoms with van der Waals surface area (Å²) in [6, 6.07) is 7.75. The Morgan fingerprint density at radius 1 is 1.50 bits per heavy atom. The molecule has 0 fully saturated rings. The predicted molar refractivity (Wildman–Crippen MR) is 68.6 cm³/mol. The molecule has 0 unspecified atom stereocenters. The zero-order valence-corrected chi connectivity index (χ0v) is 10.8. The lowest BCUT2D eigenvalue weighted by atomic mass is 9.69. The van der Waals surface area contributed by atoms with Crippen LogP contribution in [-0.2, 0) is 6.42 Å². The molecule has 94 valence electrons. The molecule has 0 saturated carbocycles. The quantitative estimate of drug-likeness (QED) is 0.819. The average molecular weight is 243 g/mol. The molecule has 18 heavy (non-hydrogen) atoms. The Labute approximate surface area is 107 Å². The fraction of sp³-hybridized carbons (Fsp3) is 0.467. The second-order valence-corrected chi connectivity index (χ2v) is 5.07. The van der Waals surface area contributed by atoms with E-state index < -0.39 is 0 Å². The number of ketones is 1. The molecule has 1 aromatic rings. The summed E-state index contributed by atoms with van der Waals surface area (Å²) in [5.74, 6) is 0.962. The molecule has 0 radical (unpaired) electrons. The van der Waals surface area contributed by atoms with Crippen molar-refractivity contribution in [2.45, 2.75) is 32.6 Å². The lowest BCUT2D eigenvalue weighted by molar-refractivity contribution is 0.0772. The Bertz CT molecular complexity index is 516. The highest BCUT2D eigenvalue weighted by atomic mass is 16.5. The molecule has 0 heterocycles. The largest absolute Gasteiger partial charge is 0.497 e. The summed E-state index contributed by atoms with van der Waals surface area (Å²) in [6.07, 6.45) is 2.77. The van der Waals surface area contributed by atoms with E-state index in [1.807, 2.05) is 25.1 Å². The van der Waals surface area contributed by atoms with Crippen molar-refractivity contribution < 1.29 is 9.53 Å². The van der Waals surface area contributed by atoms with Crippen molar-refractivity contribution >= 4 is 5.78 Å². The van der Waals surface area contributed by atoms with Gasteiger partial charge in [0.05, 0.1) is 13.2 Å². The minimum atomic E-state index is -0.378. The zero-order valence-electron chi connectivity index (χ0n) is 10.8. The molecule has 3 nitrogen and oxygen atoms in total. The van der Waals surface area contributed by atoms with Crippen LogP contribution < -0.4 is 4.74 Å². The topological polar surface area (TPSA) is 50.1 Å². The van der Waals surface area contributed by atoms with E-state index in [2.05, 4.69) is 6.07 Å². The molecule has 0 aliphatic heterocycles. The standard InChI is InChI=1S/C15H17NO2/c1-15(7-3-9-16)8-6-11-10-12(18-2)4-5-13(11)14(15)17/h4-5,10H,3,6-8H2,1-2H3/t15-/m0/s1. The molecule has 1 aliphatic rings. The zero-order chi connectivity index (χ0) is 13.2. The van der Waals surface area contributed by atoms with Crippen molar-refractivity contribution in [1.29, 1.82) is 5.26 Å². The number of hydrogen-bond acceptors (Lipinski definition) is 3. The molecule has 1 aliphatic carbocycles. The van der Waals surface area contributed by atoms with Crippen LogP contribution in [0.2, 0.25) is 0 Å². The number of rotatable bonds is 3. The lowest BCUT2D eigenvalue weighted by Gasteiger charge is -2.32. The number of nitriles is 1. The maximum absolute atomic E-state index is 12.5. The molecule has 0 amide bonds. The Kier molecular flexibility index (Phi) is 3.38. The van der Waals surface area contributed by atoms with Crippen LogP contribution in [0.15, 0.2) is 18.2 Å².